The lowest BCUT2D eigenvalue weighted by atomic mass is 10.2. The Morgan fingerprint density at radius 3 is 2.36 bits per heavy atom. The van der Waals surface area contributed by atoms with E-state index in [1.54, 1.807) is 0 Å². The van der Waals surface area contributed by atoms with Gasteiger partial charge < -0.3 is 0 Å². The van der Waals surface area contributed by atoms with Gasteiger partial charge in [-0.1, -0.05) is 39.5 Å². The zero-order valence-electron chi connectivity index (χ0n) is 9.38. The molecular weight excluding hydrogens is 180 g/mol. The summed E-state index contributed by atoms with van der Waals surface area (Å²) in [4.78, 5) is 20.4. The summed E-state index contributed by atoms with van der Waals surface area (Å²) in [7, 11) is 0. The van der Waals surface area contributed by atoms with Gasteiger partial charge >= 0.3 is 5.97 Å². The maximum absolute atomic E-state index is 11.0. The lowest BCUT2D eigenvalue weighted by molar-refractivity contribution is -0.272. The van der Waals surface area contributed by atoms with Crippen LogP contribution in [0.25, 0.3) is 0 Å². The van der Waals surface area contributed by atoms with Crippen LogP contribution in [0.15, 0.2) is 0 Å². The summed E-state index contributed by atoms with van der Waals surface area (Å²) in [6, 6.07) is 0. The van der Waals surface area contributed by atoms with Crippen molar-refractivity contribution in [3.05, 3.63) is 0 Å². The molecule has 3 heteroatoms. The van der Waals surface area contributed by atoms with Crippen molar-refractivity contribution in [2.45, 2.75) is 58.8 Å². The fraction of sp³-hybridized carbons (Fsp3) is 0.909. The molecule has 0 saturated heterocycles. The number of carbonyl (C=O) groups is 1. The molecule has 0 aliphatic carbocycles. The molecule has 0 unspecified atom stereocenters. The number of unbranched alkanes of at least 4 members (excludes halogenated alkanes) is 4. The van der Waals surface area contributed by atoms with Gasteiger partial charge in [0.15, 0.2) is 0 Å². The summed E-state index contributed by atoms with van der Waals surface area (Å²) in [6.07, 6.45) is 6.83. The molecule has 0 spiro atoms. The van der Waals surface area contributed by atoms with Gasteiger partial charge in [0, 0.05) is 6.42 Å². The third-order valence-electron chi connectivity index (χ3n) is 1.97. The van der Waals surface area contributed by atoms with E-state index in [0.29, 0.717) is 13.0 Å². The summed E-state index contributed by atoms with van der Waals surface area (Å²) >= 11 is 0. The highest BCUT2D eigenvalue weighted by atomic mass is 17.2. The van der Waals surface area contributed by atoms with Crippen LogP contribution in [-0.2, 0) is 14.6 Å². The topological polar surface area (TPSA) is 35.5 Å². The van der Waals surface area contributed by atoms with Crippen LogP contribution in [0.4, 0.5) is 0 Å². The molecule has 0 aliphatic heterocycles. The van der Waals surface area contributed by atoms with Crippen molar-refractivity contribution in [1.82, 2.24) is 0 Å². The Morgan fingerprint density at radius 1 is 1.00 bits per heavy atom. The van der Waals surface area contributed by atoms with Gasteiger partial charge in [-0.05, 0) is 12.8 Å². The molecule has 0 bridgehead atoms. The van der Waals surface area contributed by atoms with Gasteiger partial charge in [-0.25, -0.2) is 4.79 Å². The first-order chi connectivity index (χ1) is 6.81. The molecule has 0 saturated carbocycles. The van der Waals surface area contributed by atoms with E-state index >= 15 is 0 Å². The fourth-order valence-electron chi connectivity index (χ4n) is 1.05. The van der Waals surface area contributed by atoms with Crippen LogP contribution >= 0.6 is 0 Å². The lowest BCUT2D eigenvalue weighted by Gasteiger charge is -2.02. The quantitative estimate of drug-likeness (QED) is 0.327. The smallest absolute Gasteiger partial charge is 0.298 e. The van der Waals surface area contributed by atoms with E-state index in [1.807, 2.05) is 0 Å². The van der Waals surface area contributed by atoms with Gasteiger partial charge in [0.1, 0.15) is 0 Å². The number of carbonyl (C=O) groups excluding carboxylic acids is 1. The van der Waals surface area contributed by atoms with E-state index < -0.39 is 0 Å². The Kier molecular flexibility index (Phi) is 10.1. The first-order valence-corrected chi connectivity index (χ1v) is 5.63. The van der Waals surface area contributed by atoms with Gasteiger partial charge in [0.2, 0.25) is 0 Å². The molecule has 0 heterocycles. The Balaban J connectivity index is 3.11. The van der Waals surface area contributed by atoms with E-state index in [-0.39, 0.29) is 5.97 Å². The molecule has 0 amide bonds. The molecule has 3 nitrogen and oxygen atoms in total. The third kappa shape index (κ3) is 9.52. The molecular formula is C11H22O3. The molecule has 0 fully saturated rings. The standard InChI is InChI=1S/C11H22O3/c1-3-5-7-8-9-11(12)14-13-10-6-4-2/h3-10H2,1-2H3. The minimum atomic E-state index is -0.239. The highest BCUT2D eigenvalue weighted by molar-refractivity contribution is 5.68. The van der Waals surface area contributed by atoms with Crippen molar-refractivity contribution < 1.29 is 14.6 Å². The monoisotopic (exact) mass is 202 g/mol. The highest BCUT2D eigenvalue weighted by Gasteiger charge is 2.02. The van der Waals surface area contributed by atoms with Gasteiger partial charge in [0.05, 0.1) is 6.61 Å². The summed E-state index contributed by atoms with van der Waals surface area (Å²) in [5, 5.41) is 0. The first kappa shape index (κ1) is 13.4. The van der Waals surface area contributed by atoms with Gasteiger partial charge in [-0.2, -0.15) is 4.89 Å². The van der Waals surface area contributed by atoms with Crippen molar-refractivity contribution in [3.8, 4) is 0 Å². The Hall–Kier alpha value is -0.570. The van der Waals surface area contributed by atoms with Crippen LogP contribution in [0.2, 0.25) is 0 Å². The number of hydrogen-bond acceptors (Lipinski definition) is 3. The number of hydrogen-bond donors (Lipinski definition) is 0. The molecule has 0 atom stereocenters. The Bertz CT molecular complexity index is 120. The van der Waals surface area contributed by atoms with E-state index in [4.69, 9.17) is 4.89 Å². The average molecular weight is 202 g/mol. The van der Waals surface area contributed by atoms with Crippen molar-refractivity contribution in [1.29, 1.82) is 0 Å². The van der Waals surface area contributed by atoms with Gasteiger partial charge in [0.25, 0.3) is 0 Å². The SMILES string of the molecule is CCCCCCC(=O)OOCCCC. The molecule has 0 radical (unpaired) electrons. The molecule has 0 N–H and O–H groups in total. The fourth-order valence-corrected chi connectivity index (χ4v) is 1.05. The van der Waals surface area contributed by atoms with Crippen molar-refractivity contribution in [3.63, 3.8) is 0 Å². The van der Waals surface area contributed by atoms with Gasteiger partial charge in [-0.3, -0.25) is 4.89 Å². The number of rotatable bonds is 9. The minimum Gasteiger partial charge on any atom is -0.298 e. The molecule has 0 aliphatic rings. The molecule has 0 aromatic rings. The van der Waals surface area contributed by atoms with Crippen LogP contribution in [0.5, 0.6) is 0 Å². The van der Waals surface area contributed by atoms with Crippen molar-refractivity contribution in [2.24, 2.45) is 0 Å². The predicted molar refractivity (Wildman–Crippen MR) is 55.7 cm³/mol. The summed E-state index contributed by atoms with van der Waals surface area (Å²) in [5.41, 5.74) is 0. The second-order valence-electron chi connectivity index (χ2n) is 3.44. The highest BCUT2D eigenvalue weighted by Crippen LogP contribution is 2.03. The molecule has 0 rings (SSSR count). The summed E-state index contributed by atoms with van der Waals surface area (Å²) < 4.78 is 0. The maximum atomic E-state index is 11.0. The first-order valence-electron chi connectivity index (χ1n) is 5.63. The summed E-state index contributed by atoms with van der Waals surface area (Å²) in [6.45, 7) is 4.72. The molecule has 84 valence electrons. The van der Waals surface area contributed by atoms with Crippen LogP contribution in [0, 0.1) is 0 Å². The minimum absolute atomic E-state index is 0.239. The van der Waals surface area contributed by atoms with E-state index in [9.17, 15) is 4.79 Å². The van der Waals surface area contributed by atoms with E-state index in [1.165, 1.54) is 12.8 Å². The molecule has 0 aromatic carbocycles. The zero-order chi connectivity index (χ0) is 10.6. The van der Waals surface area contributed by atoms with Crippen molar-refractivity contribution in [2.75, 3.05) is 6.61 Å². The van der Waals surface area contributed by atoms with Crippen LogP contribution in [0.3, 0.4) is 0 Å². The second-order valence-corrected chi connectivity index (χ2v) is 3.44. The molecule has 0 aromatic heterocycles. The third-order valence-corrected chi connectivity index (χ3v) is 1.97. The van der Waals surface area contributed by atoms with Crippen LogP contribution < -0.4 is 0 Å². The van der Waals surface area contributed by atoms with Crippen molar-refractivity contribution >= 4 is 5.97 Å². The normalized spacial score (nSPS) is 10.1. The van der Waals surface area contributed by atoms with Crippen LogP contribution in [0.1, 0.15) is 58.8 Å². The second kappa shape index (κ2) is 10.5. The summed E-state index contributed by atoms with van der Waals surface area (Å²) in [5.74, 6) is -0.239. The largest absolute Gasteiger partial charge is 0.342 e. The van der Waals surface area contributed by atoms with E-state index in [2.05, 4.69) is 18.7 Å². The molecule has 14 heavy (non-hydrogen) atoms. The average Bonchev–Trinajstić information content (AvgIpc) is 2.19. The lowest BCUT2D eigenvalue weighted by Crippen LogP contribution is -2.06. The Labute approximate surface area is 86.7 Å². The zero-order valence-corrected chi connectivity index (χ0v) is 9.38. The van der Waals surface area contributed by atoms with Crippen LogP contribution in [-0.4, -0.2) is 12.6 Å². The maximum Gasteiger partial charge on any atom is 0.342 e. The van der Waals surface area contributed by atoms with Gasteiger partial charge in [-0.15, -0.1) is 0 Å². The predicted octanol–water partition coefficient (Wildman–Crippen LogP) is 3.23. The van der Waals surface area contributed by atoms with E-state index in [0.717, 1.165) is 25.7 Å². The Morgan fingerprint density at radius 2 is 1.71 bits per heavy atom.